The summed E-state index contributed by atoms with van der Waals surface area (Å²) >= 11 is 0. The van der Waals surface area contributed by atoms with Gasteiger partial charge in [-0.25, -0.2) is 0 Å². The Kier molecular flexibility index (Phi) is 4.39. The molecule has 3 aliphatic rings. The first-order valence-corrected chi connectivity index (χ1v) is 11.0. The zero-order valence-corrected chi connectivity index (χ0v) is 18.0. The molecule has 2 aromatic rings. The third-order valence-electron chi connectivity index (χ3n) is 8.42. The third-order valence-corrected chi connectivity index (χ3v) is 8.42. The van der Waals surface area contributed by atoms with Crippen LogP contribution in [0.25, 0.3) is 6.08 Å². The number of nitrogens with zero attached hydrogens (tertiary/aromatic N) is 2. The lowest BCUT2D eigenvalue weighted by atomic mass is 9.55. The number of aromatic nitrogens is 2. The summed E-state index contributed by atoms with van der Waals surface area (Å²) in [5.74, 6) is 2.80. The van der Waals surface area contributed by atoms with Gasteiger partial charge in [-0.3, -0.25) is 4.68 Å². The van der Waals surface area contributed by atoms with E-state index in [1.807, 2.05) is 17.9 Å². The van der Waals surface area contributed by atoms with Crippen LogP contribution in [-0.4, -0.2) is 28.1 Å². The van der Waals surface area contributed by atoms with E-state index in [9.17, 15) is 5.11 Å². The topological polar surface area (TPSA) is 47.3 Å². The molecule has 29 heavy (non-hydrogen) atoms. The lowest BCUT2D eigenvalue weighted by molar-refractivity contribution is -0.0158. The molecule has 0 aliphatic heterocycles. The summed E-state index contributed by atoms with van der Waals surface area (Å²) in [6.45, 7) is 4.43. The monoisotopic (exact) mass is 392 g/mol. The molecule has 1 heterocycles. The maximum absolute atomic E-state index is 11.3. The molecule has 0 spiro atoms. The van der Waals surface area contributed by atoms with Gasteiger partial charge in [0.15, 0.2) is 0 Å². The van der Waals surface area contributed by atoms with E-state index < -0.39 is 0 Å². The molecule has 1 N–H and O–H groups in total. The summed E-state index contributed by atoms with van der Waals surface area (Å²) in [6.07, 6.45) is 9.42. The Morgan fingerprint density at radius 1 is 1.31 bits per heavy atom. The first-order chi connectivity index (χ1) is 13.9. The molecule has 154 valence electrons. The molecule has 3 aliphatic carbocycles. The Morgan fingerprint density at radius 2 is 2.14 bits per heavy atom. The lowest BCUT2D eigenvalue weighted by Crippen LogP contribution is -2.44. The van der Waals surface area contributed by atoms with Gasteiger partial charge >= 0.3 is 0 Å². The molecule has 0 radical (unpaired) electrons. The van der Waals surface area contributed by atoms with Gasteiger partial charge in [0.1, 0.15) is 5.75 Å². The second-order valence-electron chi connectivity index (χ2n) is 9.66. The Labute approximate surface area is 173 Å². The minimum Gasteiger partial charge on any atom is -0.497 e. The molecule has 4 nitrogen and oxygen atoms in total. The highest BCUT2D eigenvalue weighted by atomic mass is 16.5. The second-order valence-corrected chi connectivity index (χ2v) is 9.66. The number of benzene rings is 1. The second kappa shape index (κ2) is 6.73. The average molecular weight is 393 g/mol. The number of aliphatic hydroxyl groups is 1. The number of aryl methyl sites for hydroxylation is 2. The normalized spacial score (nSPS) is 34.6. The molecular formula is C25H32N2O2. The summed E-state index contributed by atoms with van der Waals surface area (Å²) < 4.78 is 7.36. The van der Waals surface area contributed by atoms with Crippen molar-refractivity contribution in [2.24, 2.45) is 24.3 Å². The van der Waals surface area contributed by atoms with Crippen molar-refractivity contribution in [3.8, 4) is 5.75 Å². The largest absolute Gasteiger partial charge is 0.497 e. The van der Waals surface area contributed by atoms with Crippen LogP contribution in [-0.2, 0) is 13.5 Å². The zero-order chi connectivity index (χ0) is 20.3. The molecule has 1 aromatic carbocycles. The number of rotatable bonds is 2. The Hall–Kier alpha value is -2.07. The molecule has 5 rings (SSSR count). The Morgan fingerprint density at radius 3 is 2.86 bits per heavy atom. The van der Waals surface area contributed by atoms with Crippen molar-refractivity contribution in [2.75, 3.05) is 7.11 Å². The van der Waals surface area contributed by atoms with Gasteiger partial charge in [0.25, 0.3) is 0 Å². The summed E-state index contributed by atoms with van der Waals surface area (Å²) in [5.41, 5.74) is 6.49. The molecule has 5 atom stereocenters. The van der Waals surface area contributed by atoms with Crippen molar-refractivity contribution in [2.45, 2.75) is 58.0 Å². The van der Waals surface area contributed by atoms with Crippen LogP contribution in [0.5, 0.6) is 5.75 Å². The molecule has 2 saturated carbocycles. The van der Waals surface area contributed by atoms with Gasteiger partial charge in [0.2, 0.25) is 0 Å². The highest BCUT2D eigenvalue weighted by Gasteiger charge is 2.56. The maximum atomic E-state index is 11.3. The Balaban J connectivity index is 1.48. The summed E-state index contributed by atoms with van der Waals surface area (Å²) in [4.78, 5) is 0. The third kappa shape index (κ3) is 2.79. The van der Waals surface area contributed by atoms with Gasteiger partial charge in [0, 0.05) is 23.7 Å². The Bertz CT molecular complexity index is 975. The van der Waals surface area contributed by atoms with Crippen LogP contribution in [0.15, 0.2) is 30.0 Å². The molecule has 0 amide bonds. The van der Waals surface area contributed by atoms with E-state index in [1.54, 1.807) is 7.11 Å². The van der Waals surface area contributed by atoms with Gasteiger partial charge in [-0.05, 0) is 91.7 Å². The van der Waals surface area contributed by atoms with E-state index in [-0.39, 0.29) is 11.5 Å². The van der Waals surface area contributed by atoms with Crippen LogP contribution in [0.2, 0.25) is 0 Å². The van der Waals surface area contributed by atoms with E-state index in [0.717, 1.165) is 36.3 Å². The highest BCUT2D eigenvalue weighted by Crippen LogP contribution is 2.62. The molecule has 4 heteroatoms. The van der Waals surface area contributed by atoms with Gasteiger partial charge in [0.05, 0.1) is 19.4 Å². The molecule has 2 fully saturated rings. The predicted octanol–water partition coefficient (Wildman–Crippen LogP) is 4.65. The van der Waals surface area contributed by atoms with Crippen LogP contribution < -0.4 is 4.74 Å². The summed E-state index contributed by atoms with van der Waals surface area (Å²) in [5, 5.41) is 15.7. The van der Waals surface area contributed by atoms with Crippen molar-refractivity contribution < 1.29 is 9.84 Å². The van der Waals surface area contributed by atoms with Crippen molar-refractivity contribution in [3.63, 3.8) is 0 Å². The first-order valence-electron chi connectivity index (χ1n) is 11.0. The van der Waals surface area contributed by atoms with E-state index in [0.29, 0.717) is 17.8 Å². The van der Waals surface area contributed by atoms with E-state index in [1.165, 1.54) is 29.5 Å². The van der Waals surface area contributed by atoms with Crippen LogP contribution in [0.1, 0.15) is 60.9 Å². The average Bonchev–Trinajstić information content (AvgIpc) is 3.18. The lowest BCUT2D eigenvalue weighted by Gasteiger charge is -2.49. The molecule has 5 unspecified atom stereocenters. The van der Waals surface area contributed by atoms with Crippen LogP contribution in [0.4, 0.5) is 0 Å². The van der Waals surface area contributed by atoms with Gasteiger partial charge in [-0.15, -0.1) is 0 Å². The standard InChI is InChI=1S/C25H32N2O2/c1-15-18(14-26-27(15)3)11-17-13-23-22-7-5-16-12-19(29-4)6-8-20(16)21(22)9-10-25(23,2)24(17)28/h6,8,11-12,14,21-24,28H,5,7,9-10,13H2,1-4H3/b17-11+. The van der Waals surface area contributed by atoms with Crippen LogP contribution >= 0.6 is 0 Å². The predicted molar refractivity (Wildman–Crippen MR) is 115 cm³/mol. The van der Waals surface area contributed by atoms with Crippen LogP contribution in [0, 0.1) is 24.2 Å². The number of fused-ring (bicyclic) bond motifs is 5. The molecular weight excluding hydrogens is 360 g/mol. The fourth-order valence-electron chi connectivity index (χ4n) is 6.54. The van der Waals surface area contributed by atoms with Gasteiger partial charge < -0.3 is 9.84 Å². The summed E-state index contributed by atoms with van der Waals surface area (Å²) in [7, 11) is 3.72. The van der Waals surface area contributed by atoms with Crippen molar-refractivity contribution in [1.82, 2.24) is 9.78 Å². The number of hydrogen-bond acceptors (Lipinski definition) is 3. The zero-order valence-electron chi connectivity index (χ0n) is 18.0. The maximum Gasteiger partial charge on any atom is 0.119 e. The number of aliphatic hydroxyl groups excluding tert-OH is 1. The summed E-state index contributed by atoms with van der Waals surface area (Å²) in [6, 6.07) is 6.66. The van der Waals surface area contributed by atoms with Crippen molar-refractivity contribution >= 4 is 6.08 Å². The SMILES string of the molecule is COc1ccc2c(c1)CCC1C2CCC2(C)C(O)/C(=C/c3cnn(C)c3C)CC12. The van der Waals surface area contributed by atoms with Gasteiger partial charge in [-0.1, -0.05) is 13.0 Å². The fourth-order valence-corrected chi connectivity index (χ4v) is 6.54. The minimum absolute atomic E-state index is 0.00686. The number of hydrogen-bond donors (Lipinski definition) is 1. The van der Waals surface area contributed by atoms with E-state index >= 15 is 0 Å². The van der Waals surface area contributed by atoms with Gasteiger partial charge in [-0.2, -0.15) is 5.10 Å². The quantitative estimate of drug-likeness (QED) is 0.809. The molecule has 0 bridgehead atoms. The van der Waals surface area contributed by atoms with Crippen molar-refractivity contribution in [1.29, 1.82) is 0 Å². The minimum atomic E-state index is -0.342. The highest BCUT2D eigenvalue weighted by molar-refractivity contribution is 5.57. The smallest absolute Gasteiger partial charge is 0.119 e. The van der Waals surface area contributed by atoms with Crippen molar-refractivity contribution in [3.05, 3.63) is 52.4 Å². The first kappa shape index (κ1) is 18.9. The van der Waals surface area contributed by atoms with E-state index in [4.69, 9.17) is 4.74 Å². The molecule has 0 saturated heterocycles. The number of ether oxygens (including phenoxy) is 1. The van der Waals surface area contributed by atoms with E-state index in [2.05, 4.69) is 43.2 Å². The molecule has 1 aromatic heterocycles. The fraction of sp³-hybridized carbons (Fsp3) is 0.560. The number of methoxy groups -OCH3 is 1. The van der Waals surface area contributed by atoms with Crippen LogP contribution in [0.3, 0.4) is 0 Å².